The number of aromatic nitrogens is 2. The monoisotopic (exact) mass is 292 g/mol. The topological polar surface area (TPSA) is 72.2 Å². The van der Waals surface area contributed by atoms with Gasteiger partial charge in [-0.15, -0.1) is 0 Å². The molecule has 1 aromatic heterocycles. The molecule has 1 unspecified atom stereocenters. The number of rotatable bonds is 3. The Balaban J connectivity index is 2.68. The molecule has 0 radical (unpaired) electrons. The Hall–Kier alpha value is -1.65. The van der Waals surface area contributed by atoms with Crippen LogP contribution in [0.25, 0.3) is 0 Å². The van der Waals surface area contributed by atoms with E-state index in [2.05, 4.69) is 32.7 Å². The van der Waals surface area contributed by atoms with Crippen molar-refractivity contribution in [3.8, 4) is 0 Å². The molecule has 0 bridgehead atoms. The van der Waals surface area contributed by atoms with Crippen molar-refractivity contribution in [2.45, 2.75) is 60.4 Å². The highest BCUT2D eigenvalue weighted by atomic mass is 16.4. The molecule has 0 spiro atoms. The van der Waals surface area contributed by atoms with Crippen LogP contribution < -0.4 is 5.69 Å². The predicted molar refractivity (Wildman–Crippen MR) is 80.6 cm³/mol. The molecule has 21 heavy (non-hydrogen) atoms. The number of hydrogen-bond donors (Lipinski definition) is 1. The average Bonchev–Trinajstić information content (AvgIpc) is 2.71. The third-order valence-electron chi connectivity index (χ3n) is 5.62. The Bertz CT molecular complexity index is 657. The number of hydrogen-bond acceptors (Lipinski definition) is 3. The minimum absolute atomic E-state index is 0.0117. The van der Waals surface area contributed by atoms with Gasteiger partial charge in [-0.25, -0.2) is 4.79 Å². The first kappa shape index (κ1) is 15.7. The van der Waals surface area contributed by atoms with Crippen LogP contribution in [-0.4, -0.2) is 20.6 Å². The molecule has 0 saturated heterocycles. The van der Waals surface area contributed by atoms with Crippen molar-refractivity contribution in [3.05, 3.63) is 27.4 Å². The summed E-state index contributed by atoms with van der Waals surface area (Å²) in [7, 11) is 0. The van der Waals surface area contributed by atoms with Crippen LogP contribution >= 0.6 is 0 Å². The van der Waals surface area contributed by atoms with E-state index in [4.69, 9.17) is 0 Å². The van der Waals surface area contributed by atoms with Gasteiger partial charge in [-0.05, 0) is 31.6 Å². The lowest BCUT2D eigenvalue weighted by Crippen LogP contribution is -2.30. The first-order valence-corrected chi connectivity index (χ1v) is 7.27. The average molecular weight is 292 g/mol. The highest BCUT2D eigenvalue weighted by Crippen LogP contribution is 2.71. The Morgan fingerprint density at radius 3 is 2.10 bits per heavy atom. The van der Waals surface area contributed by atoms with Gasteiger partial charge >= 0.3 is 11.7 Å². The molecular formula is C16H24N2O3. The Kier molecular flexibility index (Phi) is 3.31. The van der Waals surface area contributed by atoms with Crippen molar-refractivity contribution in [2.24, 2.45) is 10.8 Å². The molecule has 0 aliphatic heterocycles. The van der Waals surface area contributed by atoms with Gasteiger partial charge < -0.3 is 5.11 Å². The van der Waals surface area contributed by atoms with E-state index in [-0.39, 0.29) is 22.6 Å². The Morgan fingerprint density at radius 1 is 1.24 bits per heavy atom. The second kappa shape index (κ2) is 4.42. The van der Waals surface area contributed by atoms with Crippen molar-refractivity contribution in [1.82, 2.24) is 9.55 Å². The summed E-state index contributed by atoms with van der Waals surface area (Å²) >= 11 is 0. The van der Waals surface area contributed by atoms with Crippen molar-refractivity contribution >= 4 is 5.97 Å². The summed E-state index contributed by atoms with van der Waals surface area (Å²) in [6.07, 6.45) is 0. The van der Waals surface area contributed by atoms with Crippen molar-refractivity contribution < 1.29 is 9.90 Å². The number of carboxylic acid groups (broad SMARTS) is 1. The molecule has 2 rings (SSSR count). The van der Waals surface area contributed by atoms with E-state index in [0.29, 0.717) is 11.3 Å². The van der Waals surface area contributed by atoms with Crippen LogP contribution in [0.2, 0.25) is 0 Å². The molecule has 1 N–H and O–H groups in total. The number of aryl methyl sites for hydroxylation is 1. The third kappa shape index (κ3) is 2.01. The number of carboxylic acids is 1. The first-order chi connectivity index (χ1) is 9.44. The van der Waals surface area contributed by atoms with Gasteiger partial charge in [-0.2, -0.15) is 4.98 Å². The zero-order valence-electron chi connectivity index (χ0n) is 13.8. The summed E-state index contributed by atoms with van der Waals surface area (Å²) < 4.78 is 1.70. The fourth-order valence-electron chi connectivity index (χ4n) is 3.65. The van der Waals surface area contributed by atoms with Gasteiger partial charge in [0.25, 0.3) is 0 Å². The second-order valence-corrected chi connectivity index (χ2v) is 7.25. The van der Waals surface area contributed by atoms with Crippen LogP contribution in [0.1, 0.15) is 63.5 Å². The highest BCUT2D eigenvalue weighted by Gasteiger charge is 2.66. The summed E-state index contributed by atoms with van der Waals surface area (Å²) in [5.74, 6) is -1.57. The zero-order chi connectivity index (χ0) is 16.3. The van der Waals surface area contributed by atoms with Crippen LogP contribution in [-0.2, 0) is 4.79 Å². The summed E-state index contributed by atoms with van der Waals surface area (Å²) in [6, 6.07) is 0.0466. The lowest BCUT2D eigenvalue weighted by molar-refractivity contribution is -0.138. The zero-order valence-corrected chi connectivity index (χ0v) is 13.8. The van der Waals surface area contributed by atoms with Gasteiger partial charge in [0.15, 0.2) is 0 Å². The van der Waals surface area contributed by atoms with E-state index in [1.54, 1.807) is 18.4 Å². The van der Waals surface area contributed by atoms with Crippen LogP contribution in [0, 0.1) is 24.7 Å². The standard InChI is InChI=1S/C16H24N2O3/c1-8(12(19)20)11-9(2)17-14(21)18(10(11)3)13-15(4,5)16(13,6)7/h8,13H,1-7H3,(H,19,20). The Morgan fingerprint density at radius 2 is 1.71 bits per heavy atom. The normalized spacial score (nSPS) is 21.1. The molecule has 1 aromatic rings. The maximum Gasteiger partial charge on any atom is 0.348 e. The van der Waals surface area contributed by atoms with E-state index in [0.717, 1.165) is 5.69 Å². The summed E-state index contributed by atoms with van der Waals surface area (Å²) in [6.45, 7) is 13.7. The smallest absolute Gasteiger partial charge is 0.348 e. The van der Waals surface area contributed by atoms with Gasteiger partial charge in [0.1, 0.15) is 0 Å². The maximum absolute atomic E-state index is 12.4. The molecule has 5 heteroatoms. The molecule has 1 atom stereocenters. The SMILES string of the molecule is Cc1nc(=O)n(C2C(C)(C)C2(C)C)c(C)c1C(C)C(=O)O. The van der Waals surface area contributed by atoms with E-state index < -0.39 is 11.9 Å². The fraction of sp³-hybridized carbons (Fsp3) is 0.688. The summed E-state index contributed by atoms with van der Waals surface area (Å²) in [5.41, 5.74) is 1.59. The largest absolute Gasteiger partial charge is 0.481 e. The Labute approximate surface area is 125 Å². The van der Waals surface area contributed by atoms with Gasteiger partial charge in [0.2, 0.25) is 0 Å². The number of carbonyl (C=O) groups is 1. The molecule has 116 valence electrons. The van der Waals surface area contributed by atoms with Crippen molar-refractivity contribution in [3.63, 3.8) is 0 Å². The minimum atomic E-state index is -0.900. The lowest BCUT2D eigenvalue weighted by Gasteiger charge is -2.19. The molecule has 1 heterocycles. The summed E-state index contributed by atoms with van der Waals surface area (Å²) in [4.78, 5) is 27.8. The van der Waals surface area contributed by atoms with Crippen LogP contribution in [0.15, 0.2) is 4.79 Å². The molecule has 0 amide bonds. The second-order valence-electron chi connectivity index (χ2n) is 7.25. The fourth-order valence-corrected chi connectivity index (χ4v) is 3.65. The molecule has 1 aliphatic carbocycles. The van der Waals surface area contributed by atoms with Gasteiger partial charge in [-0.1, -0.05) is 27.7 Å². The first-order valence-electron chi connectivity index (χ1n) is 7.27. The number of aliphatic carboxylic acids is 1. The third-order valence-corrected chi connectivity index (χ3v) is 5.62. The quantitative estimate of drug-likeness (QED) is 0.929. The van der Waals surface area contributed by atoms with E-state index in [1.807, 2.05) is 6.92 Å². The van der Waals surface area contributed by atoms with Crippen LogP contribution in [0.5, 0.6) is 0 Å². The number of nitrogens with zero attached hydrogens (tertiary/aromatic N) is 2. The van der Waals surface area contributed by atoms with Gasteiger partial charge in [0, 0.05) is 23.0 Å². The van der Waals surface area contributed by atoms with Crippen molar-refractivity contribution in [1.29, 1.82) is 0 Å². The lowest BCUT2D eigenvalue weighted by atomic mass is 9.98. The molecule has 5 nitrogen and oxygen atoms in total. The van der Waals surface area contributed by atoms with Crippen molar-refractivity contribution in [2.75, 3.05) is 0 Å². The minimum Gasteiger partial charge on any atom is -0.481 e. The maximum atomic E-state index is 12.4. The van der Waals surface area contributed by atoms with E-state index >= 15 is 0 Å². The van der Waals surface area contributed by atoms with Crippen LogP contribution in [0.3, 0.4) is 0 Å². The van der Waals surface area contributed by atoms with E-state index in [1.165, 1.54) is 0 Å². The molecule has 1 saturated carbocycles. The molecule has 1 aliphatic rings. The van der Waals surface area contributed by atoms with Gasteiger partial charge in [0.05, 0.1) is 5.92 Å². The molecule has 0 aromatic carbocycles. The van der Waals surface area contributed by atoms with Gasteiger partial charge in [-0.3, -0.25) is 9.36 Å². The molecule has 1 fully saturated rings. The molecular weight excluding hydrogens is 268 g/mol. The highest BCUT2D eigenvalue weighted by molar-refractivity contribution is 5.76. The summed E-state index contributed by atoms with van der Waals surface area (Å²) in [5, 5.41) is 9.29. The van der Waals surface area contributed by atoms with Crippen LogP contribution in [0.4, 0.5) is 0 Å². The predicted octanol–water partition coefficient (Wildman–Crippen LogP) is 2.66. The van der Waals surface area contributed by atoms with E-state index in [9.17, 15) is 14.7 Å².